The molecule has 3 N–H and O–H groups in total. The first-order chi connectivity index (χ1) is 8.97. The van der Waals surface area contributed by atoms with Crippen LogP contribution < -0.4 is 5.32 Å². The van der Waals surface area contributed by atoms with Gasteiger partial charge in [-0.25, -0.2) is 4.79 Å². The van der Waals surface area contributed by atoms with Gasteiger partial charge in [-0.1, -0.05) is 12.8 Å². The highest BCUT2D eigenvalue weighted by Crippen LogP contribution is 2.30. The third-order valence-electron chi connectivity index (χ3n) is 3.36. The molecule has 1 fully saturated rings. The van der Waals surface area contributed by atoms with Crippen molar-refractivity contribution >= 4 is 17.8 Å². The Bertz CT molecular complexity index is 356. The zero-order valence-electron chi connectivity index (χ0n) is 10.8. The van der Waals surface area contributed by atoms with Crippen molar-refractivity contribution in [2.24, 2.45) is 11.8 Å². The molecule has 1 unspecified atom stereocenters. The van der Waals surface area contributed by atoms with Crippen molar-refractivity contribution < 1.29 is 29.3 Å². The molecule has 0 heterocycles. The Morgan fingerprint density at radius 2 is 1.84 bits per heavy atom. The first kappa shape index (κ1) is 15.4. The van der Waals surface area contributed by atoms with E-state index in [0.29, 0.717) is 12.8 Å². The zero-order chi connectivity index (χ0) is 14.4. The number of esters is 1. The van der Waals surface area contributed by atoms with Crippen molar-refractivity contribution in [3.8, 4) is 0 Å². The van der Waals surface area contributed by atoms with E-state index in [9.17, 15) is 19.5 Å². The van der Waals surface area contributed by atoms with Crippen LogP contribution in [0.2, 0.25) is 0 Å². The summed E-state index contributed by atoms with van der Waals surface area (Å²) in [7, 11) is 1.13. The number of hydrogen-bond acceptors (Lipinski definition) is 5. The number of carbonyl (C=O) groups excluding carboxylic acids is 2. The van der Waals surface area contributed by atoms with Crippen LogP contribution in [-0.4, -0.2) is 47.8 Å². The number of aliphatic carboxylic acids is 1. The predicted octanol–water partition coefficient (Wildman–Crippen LogP) is -0.473. The molecule has 108 valence electrons. The van der Waals surface area contributed by atoms with E-state index in [1.54, 1.807) is 0 Å². The first-order valence-electron chi connectivity index (χ1n) is 6.23. The fourth-order valence-electron chi connectivity index (χ4n) is 2.29. The Balaban J connectivity index is 2.51. The number of methoxy groups -OCH3 is 1. The van der Waals surface area contributed by atoms with Gasteiger partial charge < -0.3 is 20.3 Å². The molecule has 1 aliphatic rings. The quantitative estimate of drug-likeness (QED) is 0.583. The highest BCUT2D eigenvalue weighted by molar-refractivity contribution is 5.85. The standard InChI is InChI=1S/C12H19NO6/c1-19-12(18)9(14)6-13-10(15)7-4-2-3-5-8(7)11(16)17/h7-9,14H,2-6H2,1H3,(H,13,15)(H,16,17)/t7-,8+,9?/m1/s1. The minimum absolute atomic E-state index is 0.269. The van der Waals surface area contributed by atoms with Gasteiger partial charge in [0, 0.05) is 0 Å². The molecule has 0 bridgehead atoms. The lowest BCUT2D eigenvalue weighted by Crippen LogP contribution is -2.44. The second kappa shape index (κ2) is 7.08. The third kappa shape index (κ3) is 4.20. The average Bonchev–Trinajstić information content (AvgIpc) is 2.43. The summed E-state index contributed by atoms with van der Waals surface area (Å²) in [5, 5.41) is 20.8. The van der Waals surface area contributed by atoms with Crippen molar-refractivity contribution in [3.05, 3.63) is 0 Å². The molecule has 7 heteroatoms. The summed E-state index contributed by atoms with van der Waals surface area (Å²) in [6, 6.07) is 0. The average molecular weight is 273 g/mol. The number of aliphatic hydroxyl groups is 1. The van der Waals surface area contributed by atoms with Gasteiger partial charge in [-0.2, -0.15) is 0 Å². The fraction of sp³-hybridized carbons (Fsp3) is 0.750. The number of amides is 1. The molecular formula is C12H19NO6. The van der Waals surface area contributed by atoms with Crippen LogP contribution in [0.5, 0.6) is 0 Å². The van der Waals surface area contributed by atoms with Crippen LogP contribution in [-0.2, 0) is 19.1 Å². The van der Waals surface area contributed by atoms with Gasteiger partial charge in [-0.15, -0.1) is 0 Å². The van der Waals surface area contributed by atoms with E-state index < -0.39 is 35.8 Å². The van der Waals surface area contributed by atoms with Crippen molar-refractivity contribution in [2.75, 3.05) is 13.7 Å². The van der Waals surface area contributed by atoms with Crippen LogP contribution in [0.25, 0.3) is 0 Å². The normalized spacial score (nSPS) is 24.3. The van der Waals surface area contributed by atoms with Crippen LogP contribution in [0.4, 0.5) is 0 Å². The number of aliphatic hydroxyl groups excluding tert-OH is 1. The highest BCUT2D eigenvalue weighted by Gasteiger charge is 2.35. The predicted molar refractivity (Wildman–Crippen MR) is 64.1 cm³/mol. The molecule has 1 saturated carbocycles. The van der Waals surface area contributed by atoms with E-state index in [0.717, 1.165) is 20.0 Å². The first-order valence-corrected chi connectivity index (χ1v) is 6.23. The Morgan fingerprint density at radius 3 is 2.37 bits per heavy atom. The second-order valence-corrected chi connectivity index (χ2v) is 4.62. The highest BCUT2D eigenvalue weighted by atomic mass is 16.5. The zero-order valence-corrected chi connectivity index (χ0v) is 10.8. The lowest BCUT2D eigenvalue weighted by molar-refractivity contribution is -0.152. The molecule has 1 aliphatic carbocycles. The number of hydrogen-bond donors (Lipinski definition) is 3. The van der Waals surface area contributed by atoms with E-state index in [2.05, 4.69) is 10.1 Å². The SMILES string of the molecule is COC(=O)C(O)CNC(=O)[C@@H]1CCCC[C@@H]1C(=O)O. The smallest absolute Gasteiger partial charge is 0.336 e. The maximum absolute atomic E-state index is 11.9. The lowest BCUT2D eigenvalue weighted by atomic mass is 9.78. The summed E-state index contributed by atoms with van der Waals surface area (Å²) in [6.07, 6.45) is 1.16. The monoisotopic (exact) mass is 273 g/mol. The molecule has 0 saturated heterocycles. The van der Waals surface area contributed by atoms with E-state index in [4.69, 9.17) is 5.11 Å². The Morgan fingerprint density at radius 1 is 1.26 bits per heavy atom. The maximum Gasteiger partial charge on any atom is 0.336 e. The molecule has 0 spiro atoms. The number of ether oxygens (including phenoxy) is 1. The molecule has 1 amide bonds. The minimum atomic E-state index is -1.43. The van der Waals surface area contributed by atoms with Gasteiger partial charge >= 0.3 is 11.9 Å². The van der Waals surface area contributed by atoms with Gasteiger partial charge in [-0.3, -0.25) is 9.59 Å². The van der Waals surface area contributed by atoms with Gasteiger partial charge in [0.1, 0.15) is 0 Å². The molecule has 0 aromatic heterocycles. The lowest BCUT2D eigenvalue weighted by Gasteiger charge is -2.27. The van der Waals surface area contributed by atoms with Gasteiger partial charge in [0.2, 0.25) is 5.91 Å². The second-order valence-electron chi connectivity index (χ2n) is 4.62. The molecule has 3 atom stereocenters. The molecular weight excluding hydrogens is 254 g/mol. The molecule has 7 nitrogen and oxygen atoms in total. The number of carbonyl (C=O) groups is 3. The number of rotatable bonds is 5. The van der Waals surface area contributed by atoms with Gasteiger partial charge in [0.25, 0.3) is 0 Å². The summed E-state index contributed by atoms with van der Waals surface area (Å²) >= 11 is 0. The van der Waals surface area contributed by atoms with E-state index >= 15 is 0 Å². The Kier molecular flexibility index (Phi) is 5.75. The summed E-state index contributed by atoms with van der Waals surface area (Å²) in [5.41, 5.74) is 0. The molecule has 1 rings (SSSR count). The van der Waals surface area contributed by atoms with Crippen LogP contribution in [0, 0.1) is 11.8 Å². The van der Waals surface area contributed by atoms with Crippen molar-refractivity contribution in [1.82, 2.24) is 5.32 Å². The van der Waals surface area contributed by atoms with E-state index in [-0.39, 0.29) is 6.54 Å². The largest absolute Gasteiger partial charge is 0.481 e. The summed E-state index contributed by atoms with van der Waals surface area (Å²) in [6.45, 7) is -0.269. The van der Waals surface area contributed by atoms with Crippen molar-refractivity contribution in [3.63, 3.8) is 0 Å². The molecule has 19 heavy (non-hydrogen) atoms. The van der Waals surface area contributed by atoms with Gasteiger partial charge in [-0.05, 0) is 12.8 Å². The van der Waals surface area contributed by atoms with Crippen molar-refractivity contribution in [2.45, 2.75) is 31.8 Å². The number of carboxylic acid groups (broad SMARTS) is 1. The van der Waals surface area contributed by atoms with Crippen LogP contribution >= 0.6 is 0 Å². The number of nitrogens with one attached hydrogen (secondary N) is 1. The Hall–Kier alpha value is -1.63. The third-order valence-corrected chi connectivity index (χ3v) is 3.36. The van der Waals surface area contributed by atoms with E-state index in [1.807, 2.05) is 0 Å². The van der Waals surface area contributed by atoms with Crippen LogP contribution in [0.1, 0.15) is 25.7 Å². The van der Waals surface area contributed by atoms with Crippen molar-refractivity contribution in [1.29, 1.82) is 0 Å². The van der Waals surface area contributed by atoms with Crippen LogP contribution in [0.3, 0.4) is 0 Å². The summed E-state index contributed by atoms with van der Waals surface area (Å²) in [5.74, 6) is -3.54. The maximum atomic E-state index is 11.9. The fourth-order valence-corrected chi connectivity index (χ4v) is 2.29. The van der Waals surface area contributed by atoms with Crippen LogP contribution in [0.15, 0.2) is 0 Å². The van der Waals surface area contributed by atoms with Gasteiger partial charge in [0.15, 0.2) is 6.10 Å². The van der Waals surface area contributed by atoms with Gasteiger partial charge in [0.05, 0.1) is 25.5 Å². The topological polar surface area (TPSA) is 113 Å². The molecule has 0 radical (unpaired) electrons. The molecule has 0 aromatic rings. The van der Waals surface area contributed by atoms with E-state index in [1.165, 1.54) is 0 Å². The minimum Gasteiger partial charge on any atom is -0.481 e. The molecule has 0 aliphatic heterocycles. The molecule has 0 aromatic carbocycles. The Labute approximate surface area is 110 Å². The summed E-state index contributed by atoms with van der Waals surface area (Å²) < 4.78 is 4.31. The number of carboxylic acids is 1. The summed E-state index contributed by atoms with van der Waals surface area (Å²) in [4.78, 5) is 33.9.